The smallest absolute Gasteiger partial charge is 0.0244 e. The van der Waals surface area contributed by atoms with Crippen molar-refractivity contribution < 1.29 is 0 Å². The lowest BCUT2D eigenvalue weighted by Gasteiger charge is -2.45. The zero-order valence-electron chi connectivity index (χ0n) is 18.3. The molecule has 1 aromatic rings. The van der Waals surface area contributed by atoms with E-state index in [-0.39, 0.29) is 0 Å². The first-order valence-corrected chi connectivity index (χ1v) is 12.5. The quantitative estimate of drug-likeness (QED) is 0.422. The first kappa shape index (κ1) is 20.2. The number of hydrogen-bond acceptors (Lipinski definition) is 0. The number of benzene rings is 1. The van der Waals surface area contributed by atoms with Crippen LogP contribution in [-0.2, 0) is 19.3 Å². The van der Waals surface area contributed by atoms with E-state index in [0.717, 1.165) is 42.4 Å². The Morgan fingerprint density at radius 3 is 2.54 bits per heavy atom. The van der Waals surface area contributed by atoms with Gasteiger partial charge in [0.05, 0.1) is 0 Å². The number of hydrogen-bond donors (Lipinski definition) is 0. The Kier molecular flexibility index (Phi) is 6.97. The topological polar surface area (TPSA) is 0 Å². The summed E-state index contributed by atoms with van der Waals surface area (Å²) in [6, 6.07) is 7.35. The summed E-state index contributed by atoms with van der Waals surface area (Å²) in [5.41, 5.74) is 4.84. The monoisotopic (exact) mass is 378 g/mol. The van der Waals surface area contributed by atoms with Crippen molar-refractivity contribution >= 4 is 0 Å². The molecular weight excluding hydrogens is 336 g/mol. The van der Waals surface area contributed by atoms with Crippen LogP contribution in [0, 0.1) is 29.6 Å². The van der Waals surface area contributed by atoms with E-state index in [2.05, 4.69) is 31.7 Å². The van der Waals surface area contributed by atoms with Gasteiger partial charge >= 0.3 is 0 Å². The van der Waals surface area contributed by atoms with Gasteiger partial charge in [0.2, 0.25) is 0 Å². The number of fused-ring (bicyclic) bond motifs is 2. The van der Waals surface area contributed by atoms with Gasteiger partial charge in [-0.05, 0) is 110 Å². The van der Waals surface area contributed by atoms with E-state index < -0.39 is 0 Å². The van der Waals surface area contributed by atoms with E-state index in [9.17, 15) is 0 Å². The Labute approximate surface area is 174 Å². The average molecular weight is 379 g/mol. The Bertz CT molecular complexity index is 641. The minimum Gasteiger partial charge on any atom is -0.103 e. The Morgan fingerprint density at radius 1 is 0.929 bits per heavy atom. The second-order valence-corrected chi connectivity index (χ2v) is 10.3. The molecule has 0 heteroatoms. The van der Waals surface area contributed by atoms with E-state index in [4.69, 9.17) is 0 Å². The van der Waals surface area contributed by atoms with Gasteiger partial charge in [-0.15, -0.1) is 6.58 Å². The molecule has 1 aromatic carbocycles. The molecule has 2 saturated carbocycles. The summed E-state index contributed by atoms with van der Waals surface area (Å²) in [5.74, 6) is 5.19. The first-order valence-electron chi connectivity index (χ1n) is 12.5. The minimum absolute atomic E-state index is 0.963. The molecule has 5 unspecified atom stereocenters. The lowest BCUT2D eigenvalue weighted by molar-refractivity contribution is 0.0691. The summed E-state index contributed by atoms with van der Waals surface area (Å²) in [7, 11) is 0. The predicted molar refractivity (Wildman–Crippen MR) is 122 cm³/mol. The first-order chi connectivity index (χ1) is 13.8. The molecule has 3 aliphatic rings. The van der Waals surface area contributed by atoms with Gasteiger partial charge in [0.25, 0.3) is 0 Å². The number of aryl methyl sites for hydroxylation is 2. The molecular formula is C28H42. The van der Waals surface area contributed by atoms with Gasteiger partial charge in [0, 0.05) is 0 Å². The van der Waals surface area contributed by atoms with Crippen molar-refractivity contribution in [2.24, 2.45) is 29.6 Å². The largest absolute Gasteiger partial charge is 0.103 e. The second kappa shape index (κ2) is 9.64. The molecule has 0 aliphatic heterocycles. The molecule has 5 atom stereocenters. The van der Waals surface area contributed by atoms with Crippen molar-refractivity contribution in [3.63, 3.8) is 0 Å². The maximum atomic E-state index is 3.87. The Hall–Kier alpha value is -1.04. The van der Waals surface area contributed by atoms with Crippen LogP contribution in [0.5, 0.6) is 0 Å². The molecule has 28 heavy (non-hydrogen) atoms. The van der Waals surface area contributed by atoms with E-state index >= 15 is 0 Å². The summed E-state index contributed by atoms with van der Waals surface area (Å²) in [4.78, 5) is 0. The standard InChI is InChI=1S/C28H42/c1-3-5-7-21-9-11-25-19-27(15-13-23(25)17-21)28-16-14-24-18-22(8-6-4-2)10-12-26(24)20-28/h3,9,11,17,22,24,26-28H,1,4-8,10,12-16,18-20H2,2H3. The highest BCUT2D eigenvalue weighted by molar-refractivity contribution is 5.34. The summed E-state index contributed by atoms with van der Waals surface area (Å²) in [6.07, 6.45) is 22.1. The van der Waals surface area contributed by atoms with Gasteiger partial charge in [-0.3, -0.25) is 0 Å². The third-order valence-electron chi connectivity index (χ3n) is 8.57. The van der Waals surface area contributed by atoms with Crippen LogP contribution in [0.1, 0.15) is 94.2 Å². The molecule has 0 amide bonds. The molecule has 154 valence electrons. The highest BCUT2D eigenvalue weighted by atomic mass is 14.4. The SMILES string of the molecule is C=CCCc1ccc2c(c1)CCC(C1CCC3CC(CCCC)CCC3C1)C2. The zero-order chi connectivity index (χ0) is 19.3. The van der Waals surface area contributed by atoms with E-state index in [0.29, 0.717) is 0 Å². The number of rotatable bonds is 7. The third-order valence-corrected chi connectivity index (χ3v) is 8.57. The van der Waals surface area contributed by atoms with Gasteiger partial charge in [0.15, 0.2) is 0 Å². The second-order valence-electron chi connectivity index (χ2n) is 10.3. The molecule has 0 bridgehead atoms. The van der Waals surface area contributed by atoms with Crippen molar-refractivity contribution in [2.45, 2.75) is 96.8 Å². The molecule has 2 fully saturated rings. The summed E-state index contributed by atoms with van der Waals surface area (Å²) < 4.78 is 0. The zero-order valence-corrected chi connectivity index (χ0v) is 18.3. The van der Waals surface area contributed by atoms with Gasteiger partial charge in [-0.25, -0.2) is 0 Å². The normalized spacial score (nSPS) is 32.4. The predicted octanol–water partition coefficient (Wildman–Crippen LogP) is 7.93. The maximum Gasteiger partial charge on any atom is -0.0244 e. The van der Waals surface area contributed by atoms with Crippen molar-refractivity contribution in [1.82, 2.24) is 0 Å². The van der Waals surface area contributed by atoms with E-state index in [1.165, 1.54) is 56.9 Å². The van der Waals surface area contributed by atoms with Crippen LogP contribution in [0.25, 0.3) is 0 Å². The van der Waals surface area contributed by atoms with Crippen LogP contribution in [0.2, 0.25) is 0 Å². The maximum absolute atomic E-state index is 3.87. The van der Waals surface area contributed by atoms with E-state index in [1.807, 2.05) is 6.08 Å². The van der Waals surface area contributed by atoms with Gasteiger partial charge in [-0.1, -0.05) is 56.9 Å². The van der Waals surface area contributed by atoms with E-state index in [1.54, 1.807) is 36.8 Å². The van der Waals surface area contributed by atoms with Crippen LogP contribution in [0.4, 0.5) is 0 Å². The van der Waals surface area contributed by atoms with Crippen molar-refractivity contribution in [2.75, 3.05) is 0 Å². The summed E-state index contributed by atoms with van der Waals surface area (Å²) >= 11 is 0. The van der Waals surface area contributed by atoms with Crippen LogP contribution >= 0.6 is 0 Å². The fraction of sp³-hybridized carbons (Fsp3) is 0.714. The fourth-order valence-electron chi connectivity index (χ4n) is 6.87. The molecule has 4 rings (SSSR count). The van der Waals surface area contributed by atoms with Crippen molar-refractivity contribution in [1.29, 1.82) is 0 Å². The van der Waals surface area contributed by atoms with Gasteiger partial charge < -0.3 is 0 Å². The molecule has 0 N–H and O–H groups in total. The highest BCUT2D eigenvalue weighted by Gasteiger charge is 2.38. The Balaban J connectivity index is 1.31. The van der Waals surface area contributed by atoms with Crippen LogP contribution < -0.4 is 0 Å². The number of unbranched alkanes of at least 4 members (excludes halogenated alkanes) is 1. The lowest BCUT2D eigenvalue weighted by atomic mass is 9.61. The average Bonchev–Trinajstić information content (AvgIpc) is 2.75. The number of allylic oxidation sites excluding steroid dienone is 1. The van der Waals surface area contributed by atoms with Crippen LogP contribution in [-0.4, -0.2) is 0 Å². The van der Waals surface area contributed by atoms with Gasteiger partial charge in [-0.2, -0.15) is 0 Å². The summed E-state index contributed by atoms with van der Waals surface area (Å²) in [5, 5.41) is 0. The molecule has 0 radical (unpaired) electrons. The molecule has 3 aliphatic carbocycles. The highest BCUT2D eigenvalue weighted by Crippen LogP contribution is 2.49. The van der Waals surface area contributed by atoms with Crippen molar-refractivity contribution in [3.05, 3.63) is 47.5 Å². The van der Waals surface area contributed by atoms with Crippen LogP contribution in [0.3, 0.4) is 0 Å². The molecule has 0 saturated heterocycles. The molecule has 0 heterocycles. The summed E-state index contributed by atoms with van der Waals surface area (Å²) in [6.45, 7) is 6.22. The molecule has 0 nitrogen and oxygen atoms in total. The third kappa shape index (κ3) is 4.74. The van der Waals surface area contributed by atoms with Crippen LogP contribution in [0.15, 0.2) is 30.9 Å². The molecule has 0 aromatic heterocycles. The van der Waals surface area contributed by atoms with Crippen molar-refractivity contribution in [3.8, 4) is 0 Å². The lowest BCUT2D eigenvalue weighted by Crippen LogP contribution is -2.35. The fourth-order valence-corrected chi connectivity index (χ4v) is 6.87. The van der Waals surface area contributed by atoms with Gasteiger partial charge in [0.1, 0.15) is 0 Å². The molecule has 0 spiro atoms. The minimum atomic E-state index is 0.963. The Morgan fingerprint density at radius 2 is 1.71 bits per heavy atom.